The lowest BCUT2D eigenvalue weighted by atomic mass is 10.2. The molecule has 0 aliphatic rings. The van der Waals surface area contributed by atoms with Crippen LogP contribution in [0.15, 0.2) is 24.3 Å². The van der Waals surface area contributed by atoms with Gasteiger partial charge in [0.15, 0.2) is 0 Å². The van der Waals surface area contributed by atoms with Crippen LogP contribution in [0.2, 0.25) is 6.55 Å². The quantitative estimate of drug-likeness (QED) is 0.526. The van der Waals surface area contributed by atoms with Gasteiger partial charge in [-0.15, -0.1) is 22.2 Å². The summed E-state index contributed by atoms with van der Waals surface area (Å²) in [4.78, 5) is 0. The molecule has 1 aromatic carbocycles. The summed E-state index contributed by atoms with van der Waals surface area (Å²) in [7, 11) is 0. The van der Waals surface area contributed by atoms with E-state index in [1.165, 1.54) is 11.1 Å². The van der Waals surface area contributed by atoms with Gasteiger partial charge in [0.05, 0.1) is 0 Å². The molecule has 0 aromatic heterocycles. The summed E-state index contributed by atoms with van der Waals surface area (Å²) in [5.41, 5.74) is 2.51. The first kappa shape index (κ1) is 10.1. The third-order valence-corrected chi connectivity index (χ3v) is 3.47. The molecular weight excluding hydrogens is 207 g/mol. The van der Waals surface area contributed by atoms with Crippen molar-refractivity contribution in [2.24, 2.45) is 0 Å². The fourth-order valence-electron chi connectivity index (χ4n) is 1.06. The highest BCUT2D eigenvalue weighted by Gasteiger charge is 2.20. The second-order valence-corrected chi connectivity index (χ2v) is 11.3. The van der Waals surface area contributed by atoms with Gasteiger partial charge < -0.3 is 0 Å². The van der Waals surface area contributed by atoms with E-state index in [4.69, 9.17) is 22.2 Å². The lowest BCUT2D eigenvalue weighted by Gasteiger charge is -2.09. The molecule has 66 valence electrons. The zero-order valence-electron chi connectivity index (χ0n) is 7.27. The first-order valence-electron chi connectivity index (χ1n) is 3.91. The van der Waals surface area contributed by atoms with E-state index in [1.54, 1.807) is 0 Å². The second-order valence-electron chi connectivity index (χ2n) is 3.23. The normalized spacial score (nSPS) is 11.7. The molecule has 0 aliphatic heterocycles. The van der Waals surface area contributed by atoms with Gasteiger partial charge in [-0.2, -0.15) is 0 Å². The van der Waals surface area contributed by atoms with Crippen molar-refractivity contribution in [3.63, 3.8) is 0 Å². The van der Waals surface area contributed by atoms with Crippen LogP contribution in [0, 0.1) is 6.92 Å². The second kappa shape index (κ2) is 3.82. The van der Waals surface area contributed by atoms with Gasteiger partial charge in [0, 0.05) is 0 Å². The molecule has 0 heterocycles. The molecule has 0 saturated carbocycles. The van der Waals surface area contributed by atoms with Crippen molar-refractivity contribution >= 4 is 28.9 Å². The molecule has 0 N–H and O–H groups in total. The molecule has 0 aliphatic carbocycles. The maximum Gasteiger partial charge on any atom is 0.252 e. The van der Waals surface area contributed by atoms with Gasteiger partial charge in [-0.25, -0.2) is 0 Å². The molecule has 0 unspecified atom stereocenters. The van der Waals surface area contributed by atoms with Crippen LogP contribution in [-0.2, 0) is 6.04 Å². The van der Waals surface area contributed by atoms with Gasteiger partial charge in [0.2, 0.25) is 0 Å². The Morgan fingerprint density at radius 1 is 1.17 bits per heavy atom. The highest BCUT2D eigenvalue weighted by atomic mass is 35.7. The zero-order chi connectivity index (χ0) is 9.19. The van der Waals surface area contributed by atoms with Crippen LogP contribution in [0.5, 0.6) is 0 Å². The Morgan fingerprint density at radius 3 is 2.08 bits per heavy atom. The molecule has 0 radical (unpaired) electrons. The molecule has 0 amide bonds. The van der Waals surface area contributed by atoms with Gasteiger partial charge in [-0.05, 0) is 25.1 Å². The van der Waals surface area contributed by atoms with Crippen molar-refractivity contribution in [1.29, 1.82) is 0 Å². The Bertz CT molecular complexity index is 248. The summed E-state index contributed by atoms with van der Waals surface area (Å²) in [6.07, 6.45) is 0. The maximum atomic E-state index is 6.01. The van der Waals surface area contributed by atoms with Crippen molar-refractivity contribution in [3.8, 4) is 0 Å². The molecule has 1 aromatic rings. The molecule has 0 saturated heterocycles. The fourth-order valence-corrected chi connectivity index (χ4v) is 2.94. The van der Waals surface area contributed by atoms with Crippen LogP contribution in [0.4, 0.5) is 0 Å². The van der Waals surface area contributed by atoms with E-state index in [9.17, 15) is 0 Å². The SMILES string of the molecule is Cc1ccc(C[Si](C)(Cl)Cl)cc1. The molecule has 1 rings (SSSR count). The number of hydrogen-bond donors (Lipinski definition) is 0. The van der Waals surface area contributed by atoms with Gasteiger partial charge in [0.1, 0.15) is 0 Å². The lowest BCUT2D eigenvalue weighted by Crippen LogP contribution is -2.17. The third-order valence-electron chi connectivity index (χ3n) is 1.64. The Balaban J connectivity index is 2.71. The number of benzene rings is 1. The Hall–Kier alpha value is 0.0169. The Labute approximate surface area is 83.9 Å². The van der Waals surface area contributed by atoms with Gasteiger partial charge in [0.25, 0.3) is 6.69 Å². The average molecular weight is 219 g/mol. The summed E-state index contributed by atoms with van der Waals surface area (Å²) in [6, 6.07) is 9.18. The van der Waals surface area contributed by atoms with Crippen LogP contribution in [0.3, 0.4) is 0 Å². The number of rotatable bonds is 2. The highest BCUT2D eigenvalue weighted by Crippen LogP contribution is 2.20. The summed E-state index contributed by atoms with van der Waals surface area (Å²) in [6.45, 7) is 2.04. The smallest absolute Gasteiger partial charge is 0.146 e. The molecule has 0 fully saturated rings. The van der Waals surface area contributed by atoms with E-state index in [2.05, 4.69) is 31.2 Å². The van der Waals surface area contributed by atoms with Gasteiger partial charge in [-0.3, -0.25) is 0 Å². The van der Waals surface area contributed by atoms with Crippen LogP contribution < -0.4 is 0 Å². The largest absolute Gasteiger partial charge is 0.252 e. The minimum absolute atomic E-state index is 0.830. The Morgan fingerprint density at radius 2 is 1.67 bits per heavy atom. The fraction of sp³-hybridized carbons (Fsp3) is 0.333. The van der Waals surface area contributed by atoms with E-state index in [0.29, 0.717) is 0 Å². The summed E-state index contributed by atoms with van der Waals surface area (Å²) in [5.74, 6) is 0. The van der Waals surface area contributed by atoms with E-state index in [-0.39, 0.29) is 0 Å². The zero-order valence-corrected chi connectivity index (χ0v) is 9.78. The molecule has 12 heavy (non-hydrogen) atoms. The average Bonchev–Trinajstić information content (AvgIpc) is 1.91. The summed E-state index contributed by atoms with van der Waals surface area (Å²) >= 11 is 12.0. The minimum Gasteiger partial charge on any atom is -0.146 e. The van der Waals surface area contributed by atoms with Crippen molar-refractivity contribution in [2.75, 3.05) is 0 Å². The molecule has 0 nitrogen and oxygen atoms in total. The molecule has 0 atom stereocenters. The highest BCUT2D eigenvalue weighted by molar-refractivity contribution is 7.44. The predicted octanol–water partition coefficient (Wildman–Crippen LogP) is 3.63. The van der Waals surface area contributed by atoms with Crippen molar-refractivity contribution in [1.82, 2.24) is 0 Å². The maximum absolute atomic E-state index is 6.01. The molecule has 0 bridgehead atoms. The van der Waals surface area contributed by atoms with Crippen molar-refractivity contribution < 1.29 is 0 Å². The topological polar surface area (TPSA) is 0 Å². The number of hydrogen-bond acceptors (Lipinski definition) is 0. The summed E-state index contributed by atoms with van der Waals surface area (Å²) < 4.78 is 0. The number of halogens is 2. The third kappa shape index (κ3) is 3.61. The lowest BCUT2D eigenvalue weighted by molar-refractivity contribution is 1.33. The van der Waals surface area contributed by atoms with Crippen molar-refractivity contribution in [2.45, 2.75) is 19.5 Å². The van der Waals surface area contributed by atoms with E-state index in [0.717, 1.165) is 6.04 Å². The molecular formula is C9H12Cl2Si. The van der Waals surface area contributed by atoms with E-state index in [1.807, 2.05) is 6.55 Å². The first-order chi connectivity index (χ1) is 5.47. The van der Waals surface area contributed by atoms with Crippen LogP contribution in [-0.4, -0.2) is 6.69 Å². The van der Waals surface area contributed by atoms with Crippen LogP contribution in [0.25, 0.3) is 0 Å². The molecule has 0 spiro atoms. The van der Waals surface area contributed by atoms with E-state index >= 15 is 0 Å². The first-order valence-corrected chi connectivity index (χ1v) is 8.64. The summed E-state index contributed by atoms with van der Waals surface area (Å²) in [5, 5.41) is 0. The van der Waals surface area contributed by atoms with Crippen LogP contribution >= 0.6 is 22.2 Å². The van der Waals surface area contributed by atoms with Gasteiger partial charge >= 0.3 is 0 Å². The Kier molecular flexibility index (Phi) is 3.21. The van der Waals surface area contributed by atoms with Gasteiger partial charge in [-0.1, -0.05) is 29.8 Å². The standard InChI is InChI=1S/C9H12Cl2Si/c1-8-3-5-9(6-4-8)7-12(2,10)11/h3-6H,7H2,1-2H3. The minimum atomic E-state index is -1.97. The number of aryl methyl sites for hydroxylation is 1. The molecule has 3 heteroatoms. The van der Waals surface area contributed by atoms with Crippen molar-refractivity contribution in [3.05, 3.63) is 35.4 Å². The van der Waals surface area contributed by atoms with E-state index < -0.39 is 6.69 Å². The predicted molar refractivity (Wildman–Crippen MR) is 58.2 cm³/mol. The van der Waals surface area contributed by atoms with Crippen LogP contribution in [0.1, 0.15) is 11.1 Å². The monoisotopic (exact) mass is 218 g/mol.